The number of benzene rings is 2. The van der Waals surface area contributed by atoms with Gasteiger partial charge in [0, 0.05) is 17.5 Å². The molecule has 2 N–H and O–H groups in total. The lowest BCUT2D eigenvalue weighted by molar-refractivity contribution is -0.117. The maximum Gasteiger partial charge on any atom is 0.232 e. The van der Waals surface area contributed by atoms with Gasteiger partial charge in [0.05, 0.1) is 11.6 Å². The van der Waals surface area contributed by atoms with Gasteiger partial charge < -0.3 is 5.32 Å². The predicted octanol–water partition coefficient (Wildman–Crippen LogP) is 4.84. The molecule has 3 aromatic rings. The number of nitrogens with one attached hydrogen (secondary N) is 2. The molecule has 0 aliphatic heterocycles. The van der Waals surface area contributed by atoms with Crippen LogP contribution in [0.25, 0.3) is 11.1 Å². The Balaban J connectivity index is 1.49. The first-order valence-corrected chi connectivity index (χ1v) is 8.83. The van der Waals surface area contributed by atoms with Crippen LogP contribution in [0, 0.1) is 5.82 Å². The summed E-state index contributed by atoms with van der Waals surface area (Å²) in [7, 11) is 0. The van der Waals surface area contributed by atoms with Crippen molar-refractivity contribution in [1.82, 2.24) is 10.2 Å². The number of amides is 1. The highest BCUT2D eigenvalue weighted by atomic mass is 19.1. The van der Waals surface area contributed by atoms with Crippen molar-refractivity contribution in [3.8, 4) is 11.1 Å². The second-order valence-electron chi connectivity index (χ2n) is 6.80. The predicted molar refractivity (Wildman–Crippen MR) is 99.4 cm³/mol. The van der Waals surface area contributed by atoms with E-state index in [1.54, 1.807) is 19.1 Å². The zero-order valence-electron chi connectivity index (χ0n) is 14.5. The molecule has 4 nitrogen and oxygen atoms in total. The molecule has 1 atom stereocenters. The molecule has 0 saturated heterocycles. The monoisotopic (exact) mass is 349 g/mol. The number of H-pyrrole nitrogens is 1. The van der Waals surface area contributed by atoms with Crippen molar-refractivity contribution in [2.45, 2.75) is 31.6 Å². The quantitative estimate of drug-likeness (QED) is 0.693. The van der Waals surface area contributed by atoms with Crippen LogP contribution < -0.4 is 5.32 Å². The third kappa shape index (κ3) is 3.38. The zero-order chi connectivity index (χ0) is 18.1. The summed E-state index contributed by atoms with van der Waals surface area (Å²) in [5, 5.41) is 9.90. The Kier molecular flexibility index (Phi) is 4.29. The molecule has 2 aromatic carbocycles. The third-order valence-electron chi connectivity index (χ3n) is 4.82. The maximum absolute atomic E-state index is 14.5. The molecule has 0 spiro atoms. The Hall–Kier alpha value is -2.95. The number of hydrogen-bond donors (Lipinski definition) is 2. The second kappa shape index (κ2) is 6.75. The Morgan fingerprint density at radius 2 is 1.96 bits per heavy atom. The number of carbonyl (C=O) groups is 1. The molecular formula is C21H20FN3O. The minimum atomic E-state index is -0.470. The number of nitrogens with zero attached hydrogens (tertiary/aromatic N) is 1. The highest BCUT2D eigenvalue weighted by molar-refractivity contribution is 5.95. The van der Waals surface area contributed by atoms with E-state index in [2.05, 4.69) is 15.5 Å². The minimum Gasteiger partial charge on any atom is -0.311 e. The molecule has 1 fully saturated rings. The van der Waals surface area contributed by atoms with Crippen LogP contribution in [0.3, 0.4) is 0 Å². The summed E-state index contributed by atoms with van der Waals surface area (Å²) in [6.45, 7) is 1.77. The first-order chi connectivity index (χ1) is 12.6. The van der Waals surface area contributed by atoms with E-state index in [0.29, 0.717) is 22.9 Å². The number of halogens is 1. The van der Waals surface area contributed by atoms with Crippen LogP contribution in [0.2, 0.25) is 0 Å². The first kappa shape index (κ1) is 16.5. The van der Waals surface area contributed by atoms with Gasteiger partial charge in [-0.25, -0.2) is 4.39 Å². The van der Waals surface area contributed by atoms with E-state index in [4.69, 9.17) is 0 Å². The SMILES string of the molecule is C[C@@H](C(=O)Nc1cc(C2CC2)n[nH]1)c1ccc(-c2ccccc2)c(F)c1. The van der Waals surface area contributed by atoms with Crippen LogP contribution in [0.1, 0.15) is 42.9 Å². The van der Waals surface area contributed by atoms with Gasteiger partial charge in [0.25, 0.3) is 0 Å². The Bertz CT molecular complexity index is 931. The molecule has 0 bridgehead atoms. The number of aromatic nitrogens is 2. The topological polar surface area (TPSA) is 57.8 Å². The molecule has 0 radical (unpaired) electrons. The number of anilines is 1. The molecule has 1 amide bonds. The molecule has 1 heterocycles. The molecule has 132 valence electrons. The molecule has 1 aromatic heterocycles. The highest BCUT2D eigenvalue weighted by Gasteiger charge is 2.26. The van der Waals surface area contributed by atoms with E-state index < -0.39 is 5.92 Å². The van der Waals surface area contributed by atoms with E-state index in [-0.39, 0.29) is 11.7 Å². The third-order valence-corrected chi connectivity index (χ3v) is 4.82. The second-order valence-corrected chi connectivity index (χ2v) is 6.80. The standard InChI is InChI=1S/C21H20FN3O/c1-13(21(26)23-20-12-19(24-25-20)15-7-8-15)16-9-10-17(18(22)11-16)14-5-3-2-4-6-14/h2-6,9-13,15H,7-8H2,1H3,(H2,23,24,25,26)/t13-/m1/s1. The maximum atomic E-state index is 14.5. The average molecular weight is 349 g/mol. The van der Waals surface area contributed by atoms with Crippen molar-refractivity contribution >= 4 is 11.7 Å². The Labute approximate surface area is 151 Å². The van der Waals surface area contributed by atoms with Gasteiger partial charge in [-0.15, -0.1) is 0 Å². The largest absolute Gasteiger partial charge is 0.311 e. The molecule has 4 rings (SSSR count). The molecular weight excluding hydrogens is 329 g/mol. The number of carbonyl (C=O) groups excluding carboxylic acids is 1. The van der Waals surface area contributed by atoms with Crippen molar-refractivity contribution in [3.63, 3.8) is 0 Å². The van der Waals surface area contributed by atoms with Crippen molar-refractivity contribution in [2.75, 3.05) is 5.32 Å². The summed E-state index contributed by atoms with van der Waals surface area (Å²) in [5.41, 5.74) is 2.98. The first-order valence-electron chi connectivity index (χ1n) is 8.83. The van der Waals surface area contributed by atoms with Gasteiger partial charge in [-0.1, -0.05) is 42.5 Å². The van der Waals surface area contributed by atoms with Gasteiger partial charge in [-0.3, -0.25) is 9.89 Å². The molecule has 1 aliphatic carbocycles. The van der Waals surface area contributed by atoms with Crippen LogP contribution in [-0.2, 0) is 4.79 Å². The summed E-state index contributed by atoms with van der Waals surface area (Å²) in [5.74, 6) is 0.120. The fraction of sp³-hybridized carbons (Fsp3) is 0.238. The van der Waals surface area contributed by atoms with E-state index in [9.17, 15) is 9.18 Å². The molecule has 1 saturated carbocycles. The van der Waals surface area contributed by atoms with E-state index in [1.165, 1.54) is 6.07 Å². The fourth-order valence-electron chi connectivity index (χ4n) is 3.03. The smallest absolute Gasteiger partial charge is 0.232 e. The summed E-state index contributed by atoms with van der Waals surface area (Å²) in [4.78, 5) is 12.5. The molecule has 5 heteroatoms. The lowest BCUT2D eigenvalue weighted by Gasteiger charge is -2.13. The van der Waals surface area contributed by atoms with Gasteiger partial charge in [0.2, 0.25) is 5.91 Å². The molecule has 0 unspecified atom stereocenters. The molecule has 26 heavy (non-hydrogen) atoms. The highest BCUT2D eigenvalue weighted by Crippen LogP contribution is 2.39. The van der Waals surface area contributed by atoms with Crippen molar-refractivity contribution in [1.29, 1.82) is 0 Å². The van der Waals surface area contributed by atoms with E-state index in [1.807, 2.05) is 36.4 Å². The lowest BCUT2D eigenvalue weighted by Crippen LogP contribution is -2.19. The van der Waals surface area contributed by atoms with E-state index in [0.717, 1.165) is 24.1 Å². The van der Waals surface area contributed by atoms with E-state index >= 15 is 0 Å². The van der Waals surface area contributed by atoms with Crippen molar-refractivity contribution in [2.24, 2.45) is 0 Å². The fourth-order valence-corrected chi connectivity index (χ4v) is 3.03. The Morgan fingerprint density at radius 3 is 2.65 bits per heavy atom. The summed E-state index contributed by atoms with van der Waals surface area (Å²) < 4.78 is 14.5. The van der Waals surface area contributed by atoms with Gasteiger partial charge in [0.1, 0.15) is 11.6 Å². The van der Waals surface area contributed by atoms with Crippen molar-refractivity contribution in [3.05, 3.63) is 71.7 Å². The summed E-state index contributed by atoms with van der Waals surface area (Å²) >= 11 is 0. The van der Waals surface area contributed by atoms with Crippen LogP contribution in [0.4, 0.5) is 10.2 Å². The Morgan fingerprint density at radius 1 is 1.19 bits per heavy atom. The summed E-state index contributed by atoms with van der Waals surface area (Å²) in [6, 6.07) is 16.2. The van der Waals surface area contributed by atoms with Gasteiger partial charge in [-0.2, -0.15) is 5.10 Å². The van der Waals surface area contributed by atoms with Gasteiger partial charge in [-0.05, 0) is 37.0 Å². The van der Waals surface area contributed by atoms with Gasteiger partial charge in [0.15, 0.2) is 0 Å². The number of rotatable bonds is 5. The van der Waals surface area contributed by atoms with Crippen LogP contribution in [-0.4, -0.2) is 16.1 Å². The van der Waals surface area contributed by atoms with Gasteiger partial charge >= 0.3 is 0 Å². The van der Waals surface area contributed by atoms with Crippen LogP contribution in [0.5, 0.6) is 0 Å². The lowest BCUT2D eigenvalue weighted by atomic mass is 9.96. The molecule has 1 aliphatic rings. The normalized spacial score (nSPS) is 14.8. The van der Waals surface area contributed by atoms with Crippen LogP contribution >= 0.6 is 0 Å². The zero-order valence-corrected chi connectivity index (χ0v) is 14.5. The number of aromatic amines is 1. The number of hydrogen-bond acceptors (Lipinski definition) is 2. The minimum absolute atomic E-state index is 0.192. The average Bonchev–Trinajstić information content (AvgIpc) is 3.41. The van der Waals surface area contributed by atoms with Crippen molar-refractivity contribution < 1.29 is 9.18 Å². The summed E-state index contributed by atoms with van der Waals surface area (Å²) in [6.07, 6.45) is 2.31. The van der Waals surface area contributed by atoms with Crippen LogP contribution in [0.15, 0.2) is 54.6 Å².